The van der Waals surface area contributed by atoms with Gasteiger partial charge < -0.3 is 21.1 Å². The first-order valence-corrected chi connectivity index (χ1v) is 6.35. The molecule has 8 nitrogen and oxygen atoms in total. The van der Waals surface area contributed by atoms with Crippen molar-refractivity contribution >= 4 is 17.8 Å². The first kappa shape index (κ1) is 13.3. The fourth-order valence-corrected chi connectivity index (χ4v) is 1.75. The minimum absolute atomic E-state index is 0.0777. The zero-order valence-electron chi connectivity index (χ0n) is 10.8. The van der Waals surface area contributed by atoms with Gasteiger partial charge in [0, 0.05) is 19.0 Å². The van der Waals surface area contributed by atoms with Crippen LogP contribution in [-0.4, -0.2) is 40.1 Å². The van der Waals surface area contributed by atoms with Crippen molar-refractivity contribution in [1.29, 1.82) is 0 Å². The van der Waals surface area contributed by atoms with Crippen LogP contribution in [0.2, 0.25) is 0 Å². The van der Waals surface area contributed by atoms with Crippen molar-refractivity contribution in [3.05, 3.63) is 0 Å². The Balaban J connectivity index is 1.91. The summed E-state index contributed by atoms with van der Waals surface area (Å²) in [4.78, 5) is 23.0. The normalized spacial score (nSPS) is 18.2. The van der Waals surface area contributed by atoms with E-state index in [0.717, 1.165) is 12.8 Å². The second-order valence-corrected chi connectivity index (χ2v) is 4.33. The molecule has 1 aliphatic heterocycles. The largest absolute Gasteiger partial charge is 0.463 e. The van der Waals surface area contributed by atoms with Crippen molar-refractivity contribution in [3.8, 4) is 6.01 Å². The summed E-state index contributed by atoms with van der Waals surface area (Å²) in [6, 6.07) is 0.317. The summed E-state index contributed by atoms with van der Waals surface area (Å²) in [5.41, 5.74) is 5.58. The van der Waals surface area contributed by atoms with Crippen LogP contribution in [0.4, 0.5) is 11.9 Å². The molecule has 0 radical (unpaired) electrons. The van der Waals surface area contributed by atoms with Crippen molar-refractivity contribution in [2.75, 3.05) is 24.2 Å². The van der Waals surface area contributed by atoms with Crippen molar-refractivity contribution < 1.29 is 9.53 Å². The Morgan fingerprint density at radius 3 is 3.00 bits per heavy atom. The Hall–Kier alpha value is -2.12. The summed E-state index contributed by atoms with van der Waals surface area (Å²) < 4.78 is 5.31. The lowest BCUT2D eigenvalue weighted by molar-refractivity contribution is -0.119. The number of anilines is 2. The number of aromatic nitrogens is 3. The minimum Gasteiger partial charge on any atom is -0.463 e. The molecule has 8 heteroatoms. The molecule has 4 N–H and O–H groups in total. The van der Waals surface area contributed by atoms with Gasteiger partial charge in [-0.05, 0) is 12.8 Å². The van der Waals surface area contributed by atoms with Crippen LogP contribution in [0.1, 0.15) is 26.2 Å². The summed E-state index contributed by atoms with van der Waals surface area (Å²) in [7, 11) is 0. The molecule has 2 heterocycles. The number of carbonyl (C=O) groups is 1. The maximum absolute atomic E-state index is 11.1. The zero-order valence-corrected chi connectivity index (χ0v) is 10.8. The van der Waals surface area contributed by atoms with E-state index < -0.39 is 0 Å². The molecular formula is C11H18N6O2. The number of carbonyl (C=O) groups excluding carboxylic acids is 1. The van der Waals surface area contributed by atoms with Crippen molar-refractivity contribution in [3.63, 3.8) is 0 Å². The molecule has 104 valence electrons. The lowest BCUT2D eigenvalue weighted by Gasteiger charge is -2.11. The van der Waals surface area contributed by atoms with E-state index in [-0.39, 0.29) is 23.9 Å². The number of nitrogen functional groups attached to an aromatic ring is 1. The molecule has 1 atom stereocenters. The maximum atomic E-state index is 11.1. The quantitative estimate of drug-likeness (QED) is 0.660. The molecule has 2 rings (SSSR count). The summed E-state index contributed by atoms with van der Waals surface area (Å²) >= 11 is 0. The third kappa shape index (κ3) is 3.94. The van der Waals surface area contributed by atoms with Crippen LogP contribution in [0.15, 0.2) is 0 Å². The maximum Gasteiger partial charge on any atom is 0.323 e. The smallest absolute Gasteiger partial charge is 0.323 e. The average Bonchev–Trinajstić information content (AvgIpc) is 2.79. The van der Waals surface area contributed by atoms with Gasteiger partial charge in [-0.1, -0.05) is 6.92 Å². The van der Waals surface area contributed by atoms with Gasteiger partial charge in [-0.2, -0.15) is 15.0 Å². The fraction of sp³-hybridized carbons (Fsp3) is 0.636. The van der Waals surface area contributed by atoms with E-state index in [9.17, 15) is 4.79 Å². The molecule has 0 bridgehead atoms. The van der Waals surface area contributed by atoms with Crippen LogP contribution in [0.25, 0.3) is 0 Å². The molecule has 0 saturated carbocycles. The molecule has 1 saturated heterocycles. The molecule has 0 aliphatic carbocycles. The average molecular weight is 266 g/mol. The van der Waals surface area contributed by atoms with E-state index in [4.69, 9.17) is 10.5 Å². The molecular weight excluding hydrogens is 248 g/mol. The second-order valence-electron chi connectivity index (χ2n) is 4.33. The molecule has 1 aromatic heterocycles. The van der Waals surface area contributed by atoms with Gasteiger partial charge in [-0.15, -0.1) is 0 Å². The standard InChI is InChI=1S/C11H18N6O2/c1-2-5-19-11-16-9(12)15-10(17-11)13-6-7-3-4-8(18)14-7/h7H,2-6H2,1H3,(H,14,18)(H3,12,13,15,16,17). The molecule has 19 heavy (non-hydrogen) atoms. The van der Waals surface area contributed by atoms with Gasteiger partial charge in [-0.25, -0.2) is 0 Å². The highest BCUT2D eigenvalue weighted by Crippen LogP contribution is 2.11. The van der Waals surface area contributed by atoms with Crippen LogP contribution in [-0.2, 0) is 4.79 Å². The van der Waals surface area contributed by atoms with Crippen molar-refractivity contribution in [1.82, 2.24) is 20.3 Å². The Labute approximate surface area is 111 Å². The zero-order chi connectivity index (χ0) is 13.7. The number of amides is 1. The predicted octanol–water partition coefficient (Wildman–Crippen LogP) is -0.0669. The van der Waals surface area contributed by atoms with Crippen LogP contribution in [0.3, 0.4) is 0 Å². The molecule has 1 amide bonds. The van der Waals surface area contributed by atoms with Gasteiger partial charge >= 0.3 is 6.01 Å². The highest BCUT2D eigenvalue weighted by Gasteiger charge is 2.20. The van der Waals surface area contributed by atoms with Gasteiger partial charge in [-0.3, -0.25) is 4.79 Å². The number of hydrogen-bond acceptors (Lipinski definition) is 7. The highest BCUT2D eigenvalue weighted by atomic mass is 16.5. The minimum atomic E-state index is 0.0777. The van der Waals surface area contributed by atoms with Gasteiger partial charge in [0.05, 0.1) is 6.61 Å². The molecule has 1 fully saturated rings. The Kier molecular flexibility index (Phi) is 4.32. The Bertz CT molecular complexity index is 453. The summed E-state index contributed by atoms with van der Waals surface area (Å²) in [6.45, 7) is 3.08. The number of hydrogen-bond donors (Lipinski definition) is 3. The molecule has 0 spiro atoms. The van der Waals surface area contributed by atoms with Gasteiger partial charge in [0.2, 0.25) is 17.8 Å². The van der Waals surface area contributed by atoms with Crippen LogP contribution < -0.4 is 21.1 Å². The fourth-order valence-electron chi connectivity index (χ4n) is 1.75. The van der Waals surface area contributed by atoms with E-state index >= 15 is 0 Å². The van der Waals surface area contributed by atoms with Gasteiger partial charge in [0.25, 0.3) is 0 Å². The second kappa shape index (κ2) is 6.17. The molecule has 0 aromatic carbocycles. The van der Waals surface area contributed by atoms with Crippen molar-refractivity contribution in [2.24, 2.45) is 0 Å². The number of ether oxygens (including phenoxy) is 1. The van der Waals surface area contributed by atoms with Gasteiger partial charge in [0.15, 0.2) is 0 Å². The number of nitrogens with one attached hydrogen (secondary N) is 2. The van der Waals surface area contributed by atoms with Crippen LogP contribution in [0.5, 0.6) is 6.01 Å². The van der Waals surface area contributed by atoms with Crippen molar-refractivity contribution in [2.45, 2.75) is 32.2 Å². The number of nitrogens with zero attached hydrogens (tertiary/aromatic N) is 3. The first-order valence-electron chi connectivity index (χ1n) is 6.35. The van der Waals surface area contributed by atoms with Crippen LogP contribution >= 0.6 is 0 Å². The SMILES string of the molecule is CCCOc1nc(N)nc(NCC2CCC(=O)N2)n1. The number of rotatable bonds is 6. The summed E-state index contributed by atoms with van der Waals surface area (Å²) in [5.74, 6) is 0.549. The van der Waals surface area contributed by atoms with E-state index in [1.807, 2.05) is 6.92 Å². The highest BCUT2D eigenvalue weighted by molar-refractivity contribution is 5.78. The lowest BCUT2D eigenvalue weighted by atomic mass is 10.2. The predicted molar refractivity (Wildman–Crippen MR) is 69.7 cm³/mol. The van der Waals surface area contributed by atoms with E-state index in [0.29, 0.717) is 25.5 Å². The van der Waals surface area contributed by atoms with Gasteiger partial charge in [0.1, 0.15) is 0 Å². The third-order valence-corrected chi connectivity index (χ3v) is 2.66. The van der Waals surface area contributed by atoms with E-state index in [2.05, 4.69) is 25.6 Å². The summed E-state index contributed by atoms with van der Waals surface area (Å²) in [6.07, 6.45) is 2.24. The van der Waals surface area contributed by atoms with E-state index in [1.54, 1.807) is 0 Å². The van der Waals surface area contributed by atoms with Crippen LogP contribution in [0, 0.1) is 0 Å². The first-order chi connectivity index (χ1) is 9.17. The van der Waals surface area contributed by atoms with E-state index in [1.165, 1.54) is 0 Å². The summed E-state index contributed by atoms with van der Waals surface area (Å²) in [5, 5.41) is 5.88. The monoisotopic (exact) mass is 266 g/mol. The lowest BCUT2D eigenvalue weighted by Crippen LogP contribution is -2.32. The third-order valence-electron chi connectivity index (χ3n) is 2.66. The Morgan fingerprint density at radius 1 is 1.47 bits per heavy atom. The Morgan fingerprint density at radius 2 is 2.32 bits per heavy atom. The number of nitrogens with two attached hydrogens (primary N) is 1. The molecule has 1 unspecified atom stereocenters. The topological polar surface area (TPSA) is 115 Å². The molecule has 1 aliphatic rings. The molecule has 1 aromatic rings.